The van der Waals surface area contributed by atoms with Crippen LogP contribution in [-0.4, -0.2) is 5.11 Å². The molecule has 3 rings (SSSR count). The Morgan fingerprint density at radius 2 is 2.00 bits per heavy atom. The van der Waals surface area contributed by atoms with Gasteiger partial charge < -0.3 is 5.11 Å². The van der Waals surface area contributed by atoms with Gasteiger partial charge in [-0.25, -0.2) is 0 Å². The second-order valence-electron chi connectivity index (χ2n) is 4.46. The van der Waals surface area contributed by atoms with Crippen molar-refractivity contribution in [1.82, 2.24) is 0 Å². The minimum absolute atomic E-state index is 0.459. The van der Waals surface area contributed by atoms with Crippen molar-refractivity contribution < 1.29 is 5.11 Å². The molecule has 2 aliphatic rings. The Kier molecular flexibility index (Phi) is 2.05. The first-order valence-corrected chi connectivity index (χ1v) is 6.87. The maximum Gasteiger partial charge on any atom is 0.0968 e. The summed E-state index contributed by atoms with van der Waals surface area (Å²) < 4.78 is 1.13. The first-order valence-electron chi connectivity index (χ1n) is 5.20. The average molecular weight is 273 g/mol. The van der Waals surface area contributed by atoms with E-state index in [0.29, 0.717) is 11.8 Å². The van der Waals surface area contributed by atoms with Gasteiger partial charge in [-0.3, -0.25) is 0 Å². The van der Waals surface area contributed by atoms with Gasteiger partial charge in [-0.1, -0.05) is 12.8 Å². The molecule has 14 heavy (non-hydrogen) atoms. The molecule has 2 saturated carbocycles. The summed E-state index contributed by atoms with van der Waals surface area (Å²) >= 11 is 5.13. The molecule has 2 aliphatic carbocycles. The summed E-state index contributed by atoms with van der Waals surface area (Å²) in [6, 6.07) is 2.09. The molecule has 0 spiro atoms. The molecule has 1 aromatic rings. The highest BCUT2D eigenvalue weighted by molar-refractivity contribution is 9.11. The maximum absolute atomic E-state index is 10.6. The van der Waals surface area contributed by atoms with Crippen LogP contribution in [0, 0.1) is 11.8 Å². The number of aliphatic hydroxyl groups is 1. The summed E-state index contributed by atoms with van der Waals surface area (Å²) in [5, 5.41) is 12.7. The molecule has 1 heterocycles. The van der Waals surface area contributed by atoms with Gasteiger partial charge in [0.2, 0.25) is 0 Å². The Morgan fingerprint density at radius 1 is 1.36 bits per heavy atom. The summed E-state index contributed by atoms with van der Waals surface area (Å²) in [7, 11) is 0. The largest absolute Gasteiger partial charge is 0.385 e. The average Bonchev–Trinajstić information content (AvgIpc) is 2.57. The van der Waals surface area contributed by atoms with Crippen LogP contribution in [0.5, 0.6) is 0 Å². The van der Waals surface area contributed by atoms with Crippen LogP contribution in [-0.2, 0) is 5.60 Å². The molecule has 1 nitrogen and oxygen atoms in total. The van der Waals surface area contributed by atoms with E-state index in [4.69, 9.17) is 0 Å². The van der Waals surface area contributed by atoms with Crippen molar-refractivity contribution in [2.24, 2.45) is 11.8 Å². The smallest absolute Gasteiger partial charge is 0.0968 e. The molecular weight excluding hydrogens is 260 g/mol. The lowest BCUT2D eigenvalue weighted by Gasteiger charge is -2.07. The van der Waals surface area contributed by atoms with E-state index in [1.165, 1.54) is 25.7 Å². The summed E-state index contributed by atoms with van der Waals surface area (Å²) in [4.78, 5) is 0. The van der Waals surface area contributed by atoms with Gasteiger partial charge in [0.15, 0.2) is 0 Å². The molecule has 0 bridgehead atoms. The van der Waals surface area contributed by atoms with Crippen molar-refractivity contribution in [3.05, 3.63) is 20.8 Å². The van der Waals surface area contributed by atoms with E-state index in [0.717, 1.165) is 9.35 Å². The minimum atomic E-state index is -0.459. The third-order valence-electron chi connectivity index (χ3n) is 3.82. The Bertz CT molecular complexity index is 348. The van der Waals surface area contributed by atoms with Crippen molar-refractivity contribution in [2.45, 2.75) is 31.3 Å². The quantitative estimate of drug-likeness (QED) is 0.830. The Balaban J connectivity index is 1.92. The number of hydrogen-bond acceptors (Lipinski definition) is 2. The summed E-state index contributed by atoms with van der Waals surface area (Å²) in [6.45, 7) is 0. The normalized spacial score (nSPS) is 40.7. The highest BCUT2D eigenvalue weighted by atomic mass is 79.9. The molecule has 3 heteroatoms. The zero-order valence-corrected chi connectivity index (χ0v) is 10.3. The lowest BCUT2D eigenvalue weighted by atomic mass is 10.0. The zero-order valence-electron chi connectivity index (χ0n) is 7.87. The summed E-state index contributed by atoms with van der Waals surface area (Å²) in [5.41, 5.74) is 0.685. The predicted molar refractivity (Wildman–Crippen MR) is 61.4 cm³/mol. The number of thiophene rings is 1. The van der Waals surface area contributed by atoms with Crippen LogP contribution < -0.4 is 0 Å². The SMILES string of the molecule is OC1(c2csc(Br)c2)C2CCCCC21. The second kappa shape index (κ2) is 3.06. The van der Waals surface area contributed by atoms with Crippen molar-refractivity contribution in [3.63, 3.8) is 0 Å². The number of fused-ring (bicyclic) bond motifs is 1. The molecule has 1 aromatic heterocycles. The fourth-order valence-electron chi connectivity index (χ4n) is 3.04. The van der Waals surface area contributed by atoms with Crippen molar-refractivity contribution in [2.75, 3.05) is 0 Å². The highest BCUT2D eigenvalue weighted by Crippen LogP contribution is 2.64. The Labute approximate surface area is 96.3 Å². The third kappa shape index (κ3) is 1.15. The van der Waals surface area contributed by atoms with Crippen LogP contribution in [0.25, 0.3) is 0 Å². The molecule has 0 radical (unpaired) electrons. The zero-order chi connectivity index (χ0) is 9.76. The fraction of sp³-hybridized carbons (Fsp3) is 0.636. The fourth-order valence-corrected chi connectivity index (χ4v) is 4.26. The van der Waals surface area contributed by atoms with Crippen LogP contribution in [0.15, 0.2) is 15.2 Å². The molecule has 0 amide bonds. The Hall–Kier alpha value is 0.140. The van der Waals surface area contributed by atoms with Crippen molar-refractivity contribution in [1.29, 1.82) is 0 Å². The van der Waals surface area contributed by atoms with E-state index < -0.39 is 5.60 Å². The molecule has 0 aromatic carbocycles. The minimum Gasteiger partial charge on any atom is -0.385 e. The van der Waals surface area contributed by atoms with Crippen LogP contribution >= 0.6 is 27.3 Å². The standard InChI is InChI=1S/C11H13BrOS/c12-10-5-7(6-14-10)11(13)8-3-1-2-4-9(8)11/h5-6,8-9,13H,1-4H2. The monoisotopic (exact) mass is 272 g/mol. The van der Waals surface area contributed by atoms with Crippen molar-refractivity contribution in [3.8, 4) is 0 Å². The third-order valence-corrected chi connectivity index (χ3v) is 5.32. The van der Waals surface area contributed by atoms with E-state index in [1.54, 1.807) is 11.3 Å². The van der Waals surface area contributed by atoms with E-state index >= 15 is 0 Å². The number of rotatable bonds is 1. The van der Waals surface area contributed by atoms with Gasteiger partial charge >= 0.3 is 0 Å². The van der Waals surface area contributed by atoms with Gasteiger partial charge in [-0.05, 0) is 57.6 Å². The van der Waals surface area contributed by atoms with Gasteiger partial charge in [-0.15, -0.1) is 11.3 Å². The highest BCUT2D eigenvalue weighted by Gasteiger charge is 2.64. The first-order chi connectivity index (χ1) is 6.73. The van der Waals surface area contributed by atoms with Gasteiger partial charge in [0, 0.05) is 0 Å². The number of halogens is 1. The predicted octanol–water partition coefficient (Wildman–Crippen LogP) is 3.52. The molecule has 2 fully saturated rings. The molecule has 2 atom stereocenters. The van der Waals surface area contributed by atoms with Gasteiger partial charge in [-0.2, -0.15) is 0 Å². The molecule has 0 aliphatic heterocycles. The summed E-state index contributed by atoms with van der Waals surface area (Å²) in [5.74, 6) is 1.11. The van der Waals surface area contributed by atoms with Gasteiger partial charge in [0.25, 0.3) is 0 Å². The second-order valence-corrected chi connectivity index (χ2v) is 6.75. The summed E-state index contributed by atoms with van der Waals surface area (Å²) in [6.07, 6.45) is 5.03. The van der Waals surface area contributed by atoms with E-state index in [2.05, 4.69) is 27.4 Å². The lowest BCUT2D eigenvalue weighted by molar-refractivity contribution is 0.118. The maximum atomic E-state index is 10.6. The van der Waals surface area contributed by atoms with E-state index in [-0.39, 0.29) is 0 Å². The first kappa shape index (κ1) is 9.37. The molecule has 76 valence electrons. The molecule has 0 saturated heterocycles. The molecule has 2 unspecified atom stereocenters. The lowest BCUT2D eigenvalue weighted by Crippen LogP contribution is -2.08. The van der Waals surface area contributed by atoms with Crippen LogP contribution in [0.3, 0.4) is 0 Å². The van der Waals surface area contributed by atoms with Crippen molar-refractivity contribution >= 4 is 27.3 Å². The molecular formula is C11H13BrOS. The van der Waals surface area contributed by atoms with Gasteiger partial charge in [0.05, 0.1) is 9.39 Å². The molecule has 1 N–H and O–H groups in total. The van der Waals surface area contributed by atoms with E-state index in [1.807, 2.05) is 0 Å². The van der Waals surface area contributed by atoms with Crippen LogP contribution in [0.4, 0.5) is 0 Å². The number of hydrogen-bond donors (Lipinski definition) is 1. The van der Waals surface area contributed by atoms with Crippen LogP contribution in [0.1, 0.15) is 31.2 Å². The topological polar surface area (TPSA) is 20.2 Å². The van der Waals surface area contributed by atoms with Crippen LogP contribution in [0.2, 0.25) is 0 Å². The van der Waals surface area contributed by atoms with Gasteiger partial charge in [0.1, 0.15) is 0 Å². The Morgan fingerprint density at radius 3 is 2.50 bits per heavy atom. The van der Waals surface area contributed by atoms with E-state index in [9.17, 15) is 5.11 Å².